The fourth-order valence-corrected chi connectivity index (χ4v) is 0. The Hall–Kier alpha value is -0.193. The number of halogens is 8. The predicted octanol–water partition coefficient (Wildman–Crippen LogP) is -0.0325. The summed E-state index contributed by atoms with van der Waals surface area (Å²) in [6.45, 7) is 0. The molecule has 0 amide bonds. The summed E-state index contributed by atoms with van der Waals surface area (Å²) in [5.41, 5.74) is 0. The summed E-state index contributed by atoms with van der Waals surface area (Å²) in [7, 11) is -26.7. The van der Waals surface area contributed by atoms with Crippen molar-refractivity contribution in [2.45, 2.75) is 0 Å². The van der Waals surface area contributed by atoms with Gasteiger partial charge in [0.15, 0.2) is 0 Å². The van der Waals surface area contributed by atoms with Gasteiger partial charge >= 0.3 is 33.4 Å². The molecular formula is C4H17B2F8LiO12S4-2. The molecule has 0 rings (SSSR count). The minimum absolute atomic E-state index is 0. The maximum atomic E-state index is 9.75. The topological polar surface area (TPSA) is 217 Å². The van der Waals surface area contributed by atoms with Gasteiger partial charge in [-0.3, -0.25) is 18.2 Å². The Morgan fingerprint density at radius 1 is 0.419 bits per heavy atom. The molecule has 0 fully saturated rings. The second-order valence-electron chi connectivity index (χ2n) is 3.92. The molecule has 0 saturated heterocycles. The van der Waals surface area contributed by atoms with E-state index in [4.69, 9.17) is 18.2 Å². The van der Waals surface area contributed by atoms with E-state index in [2.05, 4.69) is 0 Å². The van der Waals surface area contributed by atoms with Gasteiger partial charge < -0.3 is 34.5 Å². The molecule has 0 radical (unpaired) electrons. The SMILES string of the molecule is CS(=O)(=O)O.CS(=O)(=O)O.CS(=O)(=O)O.CS(=O)(=O)O.F[B-](F)(F)F.F[B-](F)(F)F.[LiH]. The van der Waals surface area contributed by atoms with Crippen molar-refractivity contribution in [2.24, 2.45) is 0 Å². The van der Waals surface area contributed by atoms with Gasteiger partial charge in [-0.1, -0.05) is 0 Å². The van der Waals surface area contributed by atoms with E-state index in [1.54, 1.807) is 0 Å². The van der Waals surface area contributed by atoms with Gasteiger partial charge in [0.2, 0.25) is 0 Å². The quantitative estimate of drug-likeness (QED) is 0.173. The molecule has 0 heterocycles. The van der Waals surface area contributed by atoms with Crippen LogP contribution in [0.2, 0.25) is 0 Å². The zero-order chi connectivity index (χ0) is 27.0. The minimum atomic E-state index is -6.00. The first-order chi connectivity index (χ1) is 12.0. The standard InChI is InChI=1S/4CH4O3S.2BF4.Li.H/c4*1-5(2,3)4;2*2-1(3,4)5;;/h4*1H3,(H,2,3,4);;;;/q;;;;2*-1;;. The van der Waals surface area contributed by atoms with Gasteiger partial charge in [-0.15, -0.1) is 0 Å². The Bertz CT molecular complexity index is 658. The van der Waals surface area contributed by atoms with Crippen molar-refractivity contribution in [3.63, 3.8) is 0 Å². The van der Waals surface area contributed by atoms with Gasteiger partial charge in [0, 0.05) is 0 Å². The third kappa shape index (κ3) is 621000. The van der Waals surface area contributed by atoms with Crippen molar-refractivity contribution < 1.29 is 86.4 Å². The summed E-state index contributed by atoms with van der Waals surface area (Å²) in [5.74, 6) is 0. The molecule has 0 bridgehead atoms. The molecule has 4 N–H and O–H groups in total. The molecule has 0 aliphatic heterocycles. The van der Waals surface area contributed by atoms with E-state index in [0.29, 0.717) is 25.0 Å². The van der Waals surface area contributed by atoms with Crippen LogP contribution in [0.3, 0.4) is 0 Å². The van der Waals surface area contributed by atoms with Crippen LogP contribution in [0.15, 0.2) is 0 Å². The fourth-order valence-electron chi connectivity index (χ4n) is 0. The van der Waals surface area contributed by atoms with Crippen LogP contribution in [0.1, 0.15) is 0 Å². The normalized spacial score (nSPS) is 11.4. The van der Waals surface area contributed by atoms with E-state index in [-0.39, 0.29) is 18.9 Å². The second-order valence-corrected chi connectivity index (χ2v) is 9.79. The average molecular weight is 566 g/mol. The molecule has 0 spiro atoms. The van der Waals surface area contributed by atoms with Gasteiger partial charge in [-0.05, 0) is 0 Å². The second kappa shape index (κ2) is 19.3. The summed E-state index contributed by atoms with van der Waals surface area (Å²) in [4.78, 5) is 0. The molecular weight excluding hydrogens is 549 g/mol. The third-order valence-corrected chi connectivity index (χ3v) is 0. The summed E-state index contributed by atoms with van der Waals surface area (Å²) in [6.07, 6.45) is 2.86. The van der Waals surface area contributed by atoms with Gasteiger partial charge in [-0.2, -0.15) is 33.7 Å². The van der Waals surface area contributed by atoms with Gasteiger partial charge in [0.1, 0.15) is 0 Å². The maximum absolute atomic E-state index is 9.75. The van der Waals surface area contributed by atoms with Crippen molar-refractivity contribution in [3.8, 4) is 0 Å². The van der Waals surface area contributed by atoms with E-state index in [9.17, 15) is 68.2 Å². The van der Waals surface area contributed by atoms with Crippen LogP contribution < -0.4 is 0 Å². The van der Waals surface area contributed by atoms with Gasteiger partial charge in [0.05, 0.1) is 25.0 Å². The Labute approximate surface area is 185 Å². The summed E-state index contributed by atoms with van der Waals surface area (Å²) >= 11 is 0. The zero-order valence-corrected chi connectivity index (χ0v) is 18.1. The predicted molar refractivity (Wildman–Crippen MR) is 97.4 cm³/mol. The molecule has 0 aliphatic rings. The van der Waals surface area contributed by atoms with Crippen LogP contribution in [0.4, 0.5) is 34.5 Å². The van der Waals surface area contributed by atoms with E-state index in [1.807, 2.05) is 0 Å². The molecule has 27 heteroatoms. The Morgan fingerprint density at radius 3 is 0.419 bits per heavy atom. The summed E-state index contributed by atoms with van der Waals surface area (Å²) < 4.78 is 181. The van der Waals surface area contributed by atoms with Crippen LogP contribution in [0, 0.1) is 0 Å². The van der Waals surface area contributed by atoms with Crippen LogP contribution in [-0.2, 0) is 40.5 Å². The van der Waals surface area contributed by atoms with E-state index in [1.165, 1.54) is 0 Å². The van der Waals surface area contributed by atoms with Gasteiger partial charge in [0.25, 0.3) is 40.5 Å². The number of rotatable bonds is 0. The first kappa shape index (κ1) is 48.3. The monoisotopic (exact) mass is 566 g/mol. The van der Waals surface area contributed by atoms with Crippen molar-refractivity contribution >= 4 is 73.8 Å². The van der Waals surface area contributed by atoms with Crippen LogP contribution >= 0.6 is 0 Å². The van der Waals surface area contributed by atoms with E-state index >= 15 is 0 Å². The van der Waals surface area contributed by atoms with Crippen molar-refractivity contribution in [2.75, 3.05) is 25.0 Å². The Balaban J connectivity index is -0.0000000443. The molecule has 0 aliphatic carbocycles. The molecule has 0 atom stereocenters. The van der Waals surface area contributed by atoms with Crippen LogP contribution in [0.25, 0.3) is 0 Å². The van der Waals surface area contributed by atoms with E-state index < -0.39 is 55.0 Å². The van der Waals surface area contributed by atoms with E-state index in [0.717, 1.165) is 0 Å². The van der Waals surface area contributed by atoms with Crippen LogP contribution in [-0.4, -0.2) is 110 Å². The Morgan fingerprint density at radius 2 is 0.419 bits per heavy atom. The zero-order valence-electron chi connectivity index (χ0n) is 14.9. The average Bonchev–Trinajstić information content (AvgIpc) is 1.94. The summed E-state index contributed by atoms with van der Waals surface area (Å²) in [5, 5.41) is 0. The first-order valence-corrected chi connectivity index (χ1v) is 12.8. The first-order valence-electron chi connectivity index (χ1n) is 5.44. The van der Waals surface area contributed by atoms with Crippen molar-refractivity contribution in [1.82, 2.24) is 0 Å². The molecule has 194 valence electrons. The third-order valence-electron chi connectivity index (χ3n) is 0. The molecule has 31 heavy (non-hydrogen) atoms. The fraction of sp³-hybridized carbons (Fsp3) is 1.00. The van der Waals surface area contributed by atoms with Crippen LogP contribution in [0.5, 0.6) is 0 Å². The Kier molecular flexibility index (Phi) is 30.1. The number of hydrogen-bond acceptors (Lipinski definition) is 8. The molecule has 0 aromatic carbocycles. The molecule has 0 saturated carbocycles. The molecule has 12 nitrogen and oxygen atoms in total. The molecule has 0 aromatic heterocycles. The summed E-state index contributed by atoms with van der Waals surface area (Å²) in [6, 6.07) is 0. The molecule has 0 aromatic rings. The van der Waals surface area contributed by atoms with Crippen molar-refractivity contribution in [1.29, 1.82) is 0 Å². The molecule has 0 unspecified atom stereocenters. The van der Waals surface area contributed by atoms with Crippen molar-refractivity contribution in [3.05, 3.63) is 0 Å². The van der Waals surface area contributed by atoms with Gasteiger partial charge in [-0.25, -0.2) is 0 Å². The number of hydrogen-bond donors (Lipinski definition) is 4.